The number of nitroso groups, excluding NO2 is 1. The quantitative estimate of drug-likeness (QED) is 0.502. The number of amides is 2. The van der Waals surface area contributed by atoms with Gasteiger partial charge >= 0.3 is 0 Å². The van der Waals surface area contributed by atoms with Gasteiger partial charge < -0.3 is 0 Å². The van der Waals surface area contributed by atoms with E-state index in [9.17, 15) is 14.5 Å². The van der Waals surface area contributed by atoms with Crippen LogP contribution in [0.1, 0.15) is 27.2 Å². The summed E-state index contributed by atoms with van der Waals surface area (Å²) in [4.78, 5) is 35.4. The molecule has 0 aromatic heterocycles. The summed E-state index contributed by atoms with van der Waals surface area (Å²) in [5.41, 5.74) is 0. The van der Waals surface area contributed by atoms with Crippen LogP contribution in [-0.4, -0.2) is 39.9 Å². The molecule has 0 aromatic carbocycles. The predicted octanol–water partition coefficient (Wildman–Crippen LogP) is 0.332. The zero-order valence-corrected chi connectivity index (χ0v) is 9.27. The van der Waals surface area contributed by atoms with Gasteiger partial charge in [-0.1, -0.05) is 6.92 Å². The maximum absolute atomic E-state index is 11.7. The van der Waals surface area contributed by atoms with Crippen molar-refractivity contribution in [2.24, 2.45) is 5.92 Å². The third-order valence-corrected chi connectivity index (χ3v) is 2.53. The molecule has 0 saturated carbocycles. The average molecular weight is 214 g/mol. The maximum Gasteiger partial charge on any atom is 0.297 e. The molecular formula is C9H16N3O3+. The van der Waals surface area contributed by atoms with E-state index in [1.165, 1.54) is 0 Å². The summed E-state index contributed by atoms with van der Waals surface area (Å²) >= 11 is 0. The van der Waals surface area contributed by atoms with Crippen LogP contribution in [0.2, 0.25) is 0 Å². The minimum Gasteiger partial charge on any atom is -0.268 e. The average Bonchev–Trinajstić information content (AvgIpc) is 2.19. The molecule has 1 saturated heterocycles. The summed E-state index contributed by atoms with van der Waals surface area (Å²) in [7, 11) is 0. The highest BCUT2D eigenvalue weighted by molar-refractivity contribution is 6.00. The largest absolute Gasteiger partial charge is 0.297 e. The molecule has 15 heavy (non-hydrogen) atoms. The minimum atomic E-state index is -0.699. The molecule has 6 heteroatoms. The van der Waals surface area contributed by atoms with Gasteiger partial charge in [-0.05, 0) is 30.3 Å². The van der Waals surface area contributed by atoms with Crippen LogP contribution in [0.5, 0.6) is 0 Å². The van der Waals surface area contributed by atoms with Crippen molar-refractivity contribution in [3.63, 3.8) is 0 Å². The van der Waals surface area contributed by atoms with Crippen molar-refractivity contribution in [1.82, 2.24) is 10.0 Å². The molecule has 2 amide bonds. The lowest BCUT2D eigenvalue weighted by atomic mass is 10.0. The van der Waals surface area contributed by atoms with Crippen LogP contribution in [0.4, 0.5) is 0 Å². The first-order valence-electron chi connectivity index (χ1n) is 5.18. The molecule has 0 unspecified atom stereocenters. The van der Waals surface area contributed by atoms with Crippen LogP contribution in [0.25, 0.3) is 0 Å². The van der Waals surface area contributed by atoms with E-state index < -0.39 is 17.7 Å². The van der Waals surface area contributed by atoms with Crippen LogP contribution in [-0.2, 0) is 9.59 Å². The van der Waals surface area contributed by atoms with Crippen LogP contribution < -0.4 is 0 Å². The Balaban J connectivity index is 3.03. The van der Waals surface area contributed by atoms with E-state index in [4.69, 9.17) is 0 Å². The Bertz CT molecular complexity index is 237. The lowest BCUT2D eigenvalue weighted by Gasteiger charge is -2.26. The first kappa shape index (κ1) is 11.6. The fourth-order valence-electron chi connectivity index (χ4n) is 1.67. The molecular weight excluding hydrogens is 198 g/mol. The zero-order valence-electron chi connectivity index (χ0n) is 9.27. The lowest BCUT2D eigenvalue weighted by molar-refractivity contribution is -0.804. The lowest BCUT2D eigenvalue weighted by Crippen LogP contribution is -2.60. The summed E-state index contributed by atoms with van der Waals surface area (Å²) in [6.45, 7) is 5.74. The molecule has 0 aliphatic carbocycles. The van der Waals surface area contributed by atoms with Gasteiger partial charge in [0.05, 0.1) is 18.0 Å². The number of carbonyl (C=O) groups is 2. The SMILES string of the molecule is CCC1C(=O)N(CC)[N+](=O)N(CC)C1=O. The number of nitrogens with zero attached hydrogens (tertiary/aromatic N) is 3. The summed E-state index contributed by atoms with van der Waals surface area (Å²) in [5, 5.41) is 2.11. The normalized spacial score (nSPS) is 19.0. The molecule has 1 rings (SSSR count). The number of carbonyl (C=O) groups excluding carboxylic acids is 2. The Morgan fingerprint density at radius 2 is 1.47 bits per heavy atom. The molecule has 0 radical (unpaired) electrons. The van der Waals surface area contributed by atoms with Crippen molar-refractivity contribution in [3.8, 4) is 0 Å². The molecule has 0 bridgehead atoms. The van der Waals surface area contributed by atoms with Crippen molar-refractivity contribution in [1.29, 1.82) is 0 Å². The molecule has 6 nitrogen and oxygen atoms in total. The highest BCUT2D eigenvalue weighted by Gasteiger charge is 2.50. The van der Waals surface area contributed by atoms with Gasteiger partial charge in [0.2, 0.25) is 0 Å². The van der Waals surface area contributed by atoms with Crippen LogP contribution in [0, 0.1) is 10.8 Å². The second kappa shape index (κ2) is 4.37. The van der Waals surface area contributed by atoms with Gasteiger partial charge in [0.25, 0.3) is 16.8 Å². The van der Waals surface area contributed by atoms with Gasteiger partial charge in [0.1, 0.15) is 5.92 Å². The van der Waals surface area contributed by atoms with E-state index in [2.05, 4.69) is 0 Å². The van der Waals surface area contributed by atoms with Crippen molar-refractivity contribution >= 4 is 11.8 Å². The maximum atomic E-state index is 11.7. The Morgan fingerprint density at radius 1 is 1.07 bits per heavy atom. The molecule has 0 atom stereocenters. The number of hydrogen-bond donors (Lipinski definition) is 0. The van der Waals surface area contributed by atoms with Gasteiger partial charge in [-0.2, -0.15) is 0 Å². The Hall–Kier alpha value is -1.46. The molecule has 1 heterocycles. The molecule has 0 N–H and O–H groups in total. The van der Waals surface area contributed by atoms with Crippen LogP contribution in [0.3, 0.4) is 0 Å². The molecule has 0 aromatic rings. The van der Waals surface area contributed by atoms with E-state index in [0.29, 0.717) is 11.4 Å². The van der Waals surface area contributed by atoms with Gasteiger partial charge in [0, 0.05) is 0 Å². The van der Waals surface area contributed by atoms with Crippen molar-refractivity contribution in [2.45, 2.75) is 27.2 Å². The summed E-state index contributed by atoms with van der Waals surface area (Å²) in [6.07, 6.45) is 0.429. The van der Waals surface area contributed by atoms with Gasteiger partial charge in [-0.15, -0.1) is 0 Å². The van der Waals surface area contributed by atoms with Gasteiger partial charge in [0.15, 0.2) is 0 Å². The standard InChI is InChI=1S/C9H16N3O3/c1-4-7-8(13)10(5-2)12(15)11(6-3)9(7)14/h7H,4-6H2,1-3H3/q+1. The zero-order chi connectivity index (χ0) is 11.6. The topological polar surface area (TPSA) is 60.7 Å². The molecule has 1 aliphatic rings. The van der Waals surface area contributed by atoms with E-state index in [1.54, 1.807) is 20.8 Å². The monoisotopic (exact) mass is 214 g/mol. The third-order valence-electron chi connectivity index (χ3n) is 2.53. The van der Waals surface area contributed by atoms with Crippen molar-refractivity contribution in [3.05, 3.63) is 4.91 Å². The molecule has 1 fully saturated rings. The Labute approximate surface area is 88.3 Å². The van der Waals surface area contributed by atoms with E-state index >= 15 is 0 Å². The predicted molar refractivity (Wildman–Crippen MR) is 52.2 cm³/mol. The van der Waals surface area contributed by atoms with Crippen LogP contribution >= 0.6 is 0 Å². The second-order valence-corrected chi connectivity index (χ2v) is 3.32. The first-order valence-corrected chi connectivity index (χ1v) is 5.18. The van der Waals surface area contributed by atoms with Gasteiger partial charge in [-0.25, -0.2) is 0 Å². The number of hydrazine groups is 2. The molecule has 1 aliphatic heterocycles. The Kier molecular flexibility index (Phi) is 3.39. The minimum absolute atomic E-state index is 0.280. The summed E-state index contributed by atoms with van der Waals surface area (Å²) in [6, 6.07) is 0. The molecule has 84 valence electrons. The summed E-state index contributed by atoms with van der Waals surface area (Å²) in [5.74, 6) is -1.50. The molecule has 0 spiro atoms. The fraction of sp³-hybridized carbons (Fsp3) is 0.778. The highest BCUT2D eigenvalue weighted by Crippen LogP contribution is 2.18. The fourth-order valence-corrected chi connectivity index (χ4v) is 1.67. The van der Waals surface area contributed by atoms with Crippen molar-refractivity contribution < 1.29 is 14.6 Å². The number of hydrogen-bond acceptors (Lipinski definition) is 3. The van der Waals surface area contributed by atoms with Crippen molar-refractivity contribution in [2.75, 3.05) is 13.1 Å². The third kappa shape index (κ3) is 1.71. The van der Waals surface area contributed by atoms with Crippen LogP contribution in [0.15, 0.2) is 0 Å². The van der Waals surface area contributed by atoms with E-state index in [-0.39, 0.29) is 13.1 Å². The van der Waals surface area contributed by atoms with Gasteiger partial charge in [-0.3, -0.25) is 9.59 Å². The summed E-state index contributed by atoms with van der Waals surface area (Å²) < 4.78 is 0. The smallest absolute Gasteiger partial charge is 0.268 e. The first-order chi connectivity index (χ1) is 7.08. The highest BCUT2D eigenvalue weighted by atomic mass is 16.4. The number of rotatable bonds is 3. The Morgan fingerprint density at radius 3 is 1.73 bits per heavy atom. The van der Waals surface area contributed by atoms with E-state index in [1.807, 2.05) is 0 Å². The second-order valence-electron chi connectivity index (χ2n) is 3.32. The van der Waals surface area contributed by atoms with E-state index in [0.717, 1.165) is 10.0 Å².